The van der Waals surface area contributed by atoms with Crippen LogP contribution in [0, 0.1) is 5.92 Å². The van der Waals surface area contributed by atoms with Crippen LogP contribution in [0.5, 0.6) is 5.75 Å². The highest BCUT2D eigenvalue weighted by atomic mass is 19.4. The van der Waals surface area contributed by atoms with Crippen molar-refractivity contribution in [1.29, 1.82) is 0 Å². The predicted molar refractivity (Wildman–Crippen MR) is 149 cm³/mol. The molecule has 3 aromatic rings. The van der Waals surface area contributed by atoms with E-state index in [-0.39, 0.29) is 56.0 Å². The zero-order valence-corrected chi connectivity index (χ0v) is 24.1. The first-order valence-corrected chi connectivity index (χ1v) is 14.3. The molecule has 244 valence electrons. The summed E-state index contributed by atoms with van der Waals surface area (Å²) < 4.78 is 86.5. The number of rotatable bonds is 6. The molecular formula is C29H28F6N8O3. The van der Waals surface area contributed by atoms with Crippen LogP contribution in [0.2, 0.25) is 0 Å². The van der Waals surface area contributed by atoms with E-state index in [4.69, 9.17) is 4.74 Å². The van der Waals surface area contributed by atoms with Crippen LogP contribution in [0.25, 0.3) is 0 Å². The smallest absolute Gasteiger partial charge is 0.419 e. The number of ether oxygens (including phenoxy) is 1. The van der Waals surface area contributed by atoms with E-state index < -0.39 is 41.8 Å². The van der Waals surface area contributed by atoms with Crippen molar-refractivity contribution in [1.82, 2.24) is 35.6 Å². The average molecular weight is 651 g/mol. The van der Waals surface area contributed by atoms with Gasteiger partial charge in [-0.3, -0.25) is 24.9 Å². The number of carbonyl (C=O) groups is 2. The number of pyridine rings is 1. The molecule has 2 N–H and O–H groups in total. The number of hydrazine groups is 1. The third-order valence-corrected chi connectivity index (χ3v) is 8.32. The molecule has 0 radical (unpaired) electrons. The van der Waals surface area contributed by atoms with Crippen molar-refractivity contribution in [3.8, 4) is 5.75 Å². The maximum atomic E-state index is 14.0. The van der Waals surface area contributed by atoms with Crippen LogP contribution in [-0.4, -0.2) is 88.1 Å². The van der Waals surface area contributed by atoms with Gasteiger partial charge in [-0.2, -0.15) is 26.3 Å². The first-order chi connectivity index (χ1) is 21.9. The quantitative estimate of drug-likeness (QED) is 0.389. The molecule has 3 unspecified atom stereocenters. The molecule has 1 aromatic carbocycles. The molecule has 11 nitrogen and oxygen atoms in total. The van der Waals surface area contributed by atoms with E-state index in [0.717, 1.165) is 23.5 Å². The van der Waals surface area contributed by atoms with Crippen LogP contribution in [0.1, 0.15) is 33.1 Å². The van der Waals surface area contributed by atoms with E-state index in [1.165, 1.54) is 18.5 Å². The van der Waals surface area contributed by atoms with E-state index in [2.05, 4.69) is 25.8 Å². The zero-order chi connectivity index (χ0) is 32.6. The second-order valence-corrected chi connectivity index (χ2v) is 11.1. The van der Waals surface area contributed by atoms with Crippen molar-refractivity contribution in [2.75, 3.05) is 44.2 Å². The topological polar surface area (TPSA) is 116 Å². The maximum Gasteiger partial charge on any atom is 0.419 e. The number of alkyl halides is 6. The number of carbonyl (C=O) groups excluding carboxylic acids is 2. The molecule has 0 aliphatic carbocycles. The number of benzene rings is 1. The molecule has 3 aliphatic rings. The Morgan fingerprint density at radius 1 is 0.978 bits per heavy atom. The highest BCUT2D eigenvalue weighted by Gasteiger charge is 2.55. The van der Waals surface area contributed by atoms with Gasteiger partial charge in [0.1, 0.15) is 12.4 Å². The molecule has 5 heterocycles. The number of hydrogen-bond donors (Lipinski definition) is 2. The summed E-state index contributed by atoms with van der Waals surface area (Å²) in [6.45, 7) is 1.11. The van der Waals surface area contributed by atoms with Gasteiger partial charge in [-0.15, -0.1) is 0 Å². The van der Waals surface area contributed by atoms with Crippen molar-refractivity contribution in [3.63, 3.8) is 0 Å². The summed E-state index contributed by atoms with van der Waals surface area (Å²) in [6.07, 6.45) is -5.09. The summed E-state index contributed by atoms with van der Waals surface area (Å²) in [4.78, 5) is 42.2. The monoisotopic (exact) mass is 650 g/mol. The SMILES string of the molecule is O=C1NNCC(N2Cc3ccccc3C2COc2cncc(C(=O)N3CCN(c4ncc(C(F)(F)F)cn4)CC3)c2)C1C(F)(F)F. The molecule has 2 amide bonds. The van der Waals surface area contributed by atoms with Crippen molar-refractivity contribution in [3.05, 3.63) is 77.4 Å². The largest absolute Gasteiger partial charge is 0.490 e. The van der Waals surface area contributed by atoms with Gasteiger partial charge in [-0.25, -0.2) is 15.4 Å². The van der Waals surface area contributed by atoms with E-state index in [0.29, 0.717) is 13.1 Å². The predicted octanol–water partition coefficient (Wildman–Crippen LogP) is 2.97. The van der Waals surface area contributed by atoms with Gasteiger partial charge in [0.15, 0.2) is 5.92 Å². The third-order valence-electron chi connectivity index (χ3n) is 8.32. The van der Waals surface area contributed by atoms with Gasteiger partial charge in [-0.05, 0) is 17.2 Å². The number of aromatic nitrogens is 3. The second kappa shape index (κ2) is 12.4. The van der Waals surface area contributed by atoms with Crippen LogP contribution < -0.4 is 20.5 Å². The molecule has 6 rings (SSSR count). The lowest BCUT2D eigenvalue weighted by Crippen LogP contribution is -2.64. The van der Waals surface area contributed by atoms with Gasteiger partial charge in [0.25, 0.3) is 5.91 Å². The van der Waals surface area contributed by atoms with Crippen molar-refractivity contribution in [2.24, 2.45) is 5.92 Å². The number of fused-ring (bicyclic) bond motifs is 1. The minimum Gasteiger partial charge on any atom is -0.490 e. The lowest BCUT2D eigenvalue weighted by Gasteiger charge is -2.40. The Kier molecular flexibility index (Phi) is 8.45. The number of halogens is 6. The fourth-order valence-electron chi connectivity index (χ4n) is 6.02. The lowest BCUT2D eigenvalue weighted by molar-refractivity contribution is -0.202. The van der Waals surface area contributed by atoms with Crippen LogP contribution in [-0.2, 0) is 17.5 Å². The summed E-state index contributed by atoms with van der Waals surface area (Å²) in [5.41, 5.74) is 5.54. The molecule has 46 heavy (non-hydrogen) atoms. The van der Waals surface area contributed by atoms with Crippen molar-refractivity contribution in [2.45, 2.75) is 31.0 Å². The maximum absolute atomic E-state index is 14.0. The number of nitrogens with one attached hydrogen (secondary N) is 2. The average Bonchev–Trinajstić information content (AvgIpc) is 3.41. The lowest BCUT2D eigenvalue weighted by atomic mass is 9.94. The Bertz CT molecular complexity index is 1580. The Balaban J connectivity index is 1.12. The van der Waals surface area contributed by atoms with E-state index in [1.54, 1.807) is 26.8 Å². The summed E-state index contributed by atoms with van der Waals surface area (Å²) in [5.74, 6) is -3.36. The fraction of sp³-hybridized carbons (Fsp3) is 0.414. The van der Waals surface area contributed by atoms with Gasteiger partial charge in [-0.1, -0.05) is 24.3 Å². The van der Waals surface area contributed by atoms with Gasteiger partial charge >= 0.3 is 12.4 Å². The number of amides is 2. The Morgan fingerprint density at radius 3 is 2.39 bits per heavy atom. The third kappa shape index (κ3) is 6.42. The zero-order valence-electron chi connectivity index (χ0n) is 24.1. The summed E-state index contributed by atoms with van der Waals surface area (Å²) in [6, 6.07) is 6.92. The highest BCUT2D eigenvalue weighted by Crippen LogP contribution is 2.41. The van der Waals surface area contributed by atoms with Crippen molar-refractivity contribution >= 4 is 17.8 Å². The minimum absolute atomic E-state index is 0.0646. The summed E-state index contributed by atoms with van der Waals surface area (Å²) in [5, 5.41) is 0. The van der Waals surface area contributed by atoms with E-state index in [9.17, 15) is 35.9 Å². The summed E-state index contributed by atoms with van der Waals surface area (Å²) >= 11 is 0. The molecule has 3 aliphatic heterocycles. The van der Waals surface area contributed by atoms with Crippen LogP contribution >= 0.6 is 0 Å². The molecule has 17 heteroatoms. The minimum atomic E-state index is -4.76. The van der Waals surface area contributed by atoms with Crippen LogP contribution in [0.3, 0.4) is 0 Å². The Labute approximate surface area is 258 Å². The number of piperazine rings is 1. The highest BCUT2D eigenvalue weighted by molar-refractivity contribution is 5.94. The Hall–Kier alpha value is -4.51. The Morgan fingerprint density at radius 2 is 1.70 bits per heavy atom. The molecular weight excluding hydrogens is 622 g/mol. The number of nitrogens with zero attached hydrogens (tertiary/aromatic N) is 6. The van der Waals surface area contributed by atoms with E-state index >= 15 is 0 Å². The molecule has 0 bridgehead atoms. The van der Waals surface area contributed by atoms with Crippen molar-refractivity contribution < 1.29 is 40.7 Å². The molecule has 2 saturated heterocycles. The van der Waals surface area contributed by atoms with Crippen LogP contribution in [0.15, 0.2) is 55.1 Å². The van der Waals surface area contributed by atoms with Crippen LogP contribution in [0.4, 0.5) is 32.3 Å². The molecule has 3 atom stereocenters. The number of hydrogen-bond acceptors (Lipinski definition) is 9. The first-order valence-electron chi connectivity index (χ1n) is 14.3. The normalized spacial score (nSPS) is 22.4. The summed E-state index contributed by atoms with van der Waals surface area (Å²) in [7, 11) is 0. The molecule has 2 fully saturated rings. The van der Waals surface area contributed by atoms with Gasteiger partial charge < -0.3 is 14.5 Å². The van der Waals surface area contributed by atoms with Gasteiger partial charge in [0.2, 0.25) is 11.9 Å². The van der Waals surface area contributed by atoms with E-state index in [1.807, 2.05) is 12.1 Å². The second-order valence-electron chi connectivity index (χ2n) is 11.1. The van der Waals surface area contributed by atoms with Gasteiger partial charge in [0, 0.05) is 63.9 Å². The fourth-order valence-corrected chi connectivity index (χ4v) is 6.02. The molecule has 2 aromatic heterocycles. The standard InChI is InChI=1S/C29H28F6N8O3/c30-28(31,32)19-11-37-27(38-12-19)42-7-5-41(6-8-42)26(45)18-9-20(13-36-10-18)46-16-23-21-4-2-1-3-17(21)15-43(23)22-14-39-40-25(44)24(22)29(33,34)35/h1-4,9-13,22-24,39H,5-8,14-16H2,(H,40,44). The molecule has 0 saturated carbocycles. The molecule has 0 spiro atoms. The van der Waals surface area contributed by atoms with Gasteiger partial charge in [0.05, 0.1) is 23.4 Å². The first kappa shape index (κ1) is 31.5. The number of anilines is 1.